The van der Waals surface area contributed by atoms with Crippen molar-refractivity contribution in [1.29, 1.82) is 0 Å². The SMILES string of the molecule is O=C(/C=C/c1ccc(OC(F)F)cc1)NCCNC(=O)C1CC1. The highest BCUT2D eigenvalue weighted by atomic mass is 19.3. The van der Waals surface area contributed by atoms with E-state index in [0.717, 1.165) is 12.8 Å². The smallest absolute Gasteiger partial charge is 0.387 e. The Kier molecular flexibility index (Phi) is 6.08. The van der Waals surface area contributed by atoms with Crippen LogP contribution in [0.5, 0.6) is 5.75 Å². The second-order valence-electron chi connectivity index (χ2n) is 5.14. The van der Waals surface area contributed by atoms with Gasteiger partial charge < -0.3 is 15.4 Å². The third-order valence-electron chi connectivity index (χ3n) is 3.20. The second kappa shape index (κ2) is 8.26. The molecule has 7 heteroatoms. The van der Waals surface area contributed by atoms with Gasteiger partial charge in [0.1, 0.15) is 5.75 Å². The minimum Gasteiger partial charge on any atom is -0.435 e. The quantitative estimate of drug-likeness (QED) is 0.567. The molecule has 2 amide bonds. The number of carbonyl (C=O) groups excluding carboxylic acids is 2. The van der Waals surface area contributed by atoms with Crippen LogP contribution in [0.4, 0.5) is 8.78 Å². The van der Waals surface area contributed by atoms with Crippen LogP contribution in [0.2, 0.25) is 0 Å². The molecule has 1 fully saturated rings. The average Bonchev–Trinajstić information content (AvgIpc) is 3.35. The third-order valence-corrected chi connectivity index (χ3v) is 3.20. The summed E-state index contributed by atoms with van der Waals surface area (Å²) in [4.78, 5) is 22.9. The Hall–Kier alpha value is -2.44. The van der Waals surface area contributed by atoms with Crippen LogP contribution in [-0.4, -0.2) is 31.5 Å². The van der Waals surface area contributed by atoms with E-state index in [1.54, 1.807) is 18.2 Å². The van der Waals surface area contributed by atoms with E-state index < -0.39 is 6.61 Å². The molecule has 0 aliphatic heterocycles. The van der Waals surface area contributed by atoms with Crippen LogP contribution in [0.3, 0.4) is 0 Å². The topological polar surface area (TPSA) is 67.4 Å². The molecule has 2 rings (SSSR count). The van der Waals surface area contributed by atoms with Gasteiger partial charge in [0.2, 0.25) is 11.8 Å². The van der Waals surface area contributed by atoms with Crippen LogP contribution in [0.1, 0.15) is 18.4 Å². The van der Waals surface area contributed by atoms with E-state index in [1.165, 1.54) is 18.2 Å². The van der Waals surface area contributed by atoms with Crippen molar-refractivity contribution in [1.82, 2.24) is 10.6 Å². The number of carbonyl (C=O) groups is 2. The molecule has 0 heterocycles. The lowest BCUT2D eigenvalue weighted by molar-refractivity contribution is -0.122. The number of nitrogens with one attached hydrogen (secondary N) is 2. The molecule has 2 N–H and O–H groups in total. The normalized spacial score (nSPS) is 14.0. The van der Waals surface area contributed by atoms with Crippen molar-refractivity contribution < 1.29 is 23.1 Å². The van der Waals surface area contributed by atoms with Crippen LogP contribution in [0.15, 0.2) is 30.3 Å². The predicted octanol–water partition coefficient (Wildman–Crippen LogP) is 1.94. The fourth-order valence-corrected chi connectivity index (χ4v) is 1.85. The van der Waals surface area contributed by atoms with Gasteiger partial charge in [-0.15, -0.1) is 0 Å². The zero-order valence-corrected chi connectivity index (χ0v) is 12.4. The lowest BCUT2D eigenvalue weighted by Crippen LogP contribution is -2.34. The second-order valence-corrected chi connectivity index (χ2v) is 5.14. The van der Waals surface area contributed by atoms with Crippen molar-refractivity contribution in [3.63, 3.8) is 0 Å². The van der Waals surface area contributed by atoms with Crippen molar-refractivity contribution in [2.24, 2.45) is 5.92 Å². The Morgan fingerprint density at radius 3 is 2.43 bits per heavy atom. The van der Waals surface area contributed by atoms with E-state index in [0.29, 0.717) is 18.7 Å². The van der Waals surface area contributed by atoms with Gasteiger partial charge in [-0.1, -0.05) is 12.1 Å². The molecule has 0 aromatic heterocycles. The first-order chi connectivity index (χ1) is 11.0. The summed E-state index contributed by atoms with van der Waals surface area (Å²) in [6.45, 7) is -2.11. The molecule has 0 atom stereocenters. The van der Waals surface area contributed by atoms with Gasteiger partial charge in [0.05, 0.1) is 0 Å². The number of ether oxygens (including phenoxy) is 1. The number of amides is 2. The Balaban J connectivity index is 1.67. The van der Waals surface area contributed by atoms with Gasteiger partial charge in [-0.2, -0.15) is 8.78 Å². The molecule has 23 heavy (non-hydrogen) atoms. The Labute approximate surface area is 132 Å². The molecule has 1 aromatic carbocycles. The molecule has 1 saturated carbocycles. The standard InChI is InChI=1S/C16H18F2N2O3/c17-16(18)23-13-6-1-11(2-7-13)3-8-14(21)19-9-10-20-15(22)12-4-5-12/h1-3,6-8,12,16H,4-5,9-10H2,(H,19,21)(H,20,22)/b8-3+. The molecule has 0 radical (unpaired) electrons. The van der Waals surface area contributed by atoms with Crippen molar-refractivity contribution in [3.8, 4) is 5.75 Å². The summed E-state index contributed by atoms with van der Waals surface area (Å²) in [7, 11) is 0. The number of hydrogen-bond donors (Lipinski definition) is 2. The maximum absolute atomic E-state index is 12.0. The molecular weight excluding hydrogens is 306 g/mol. The van der Waals surface area contributed by atoms with Gasteiger partial charge in [-0.25, -0.2) is 0 Å². The molecule has 1 aromatic rings. The first-order valence-electron chi connectivity index (χ1n) is 7.33. The van der Waals surface area contributed by atoms with Gasteiger partial charge in [0.25, 0.3) is 0 Å². The van der Waals surface area contributed by atoms with E-state index in [1.807, 2.05) is 0 Å². The minimum absolute atomic E-state index is 0.0425. The molecule has 5 nitrogen and oxygen atoms in total. The molecular formula is C16H18F2N2O3. The van der Waals surface area contributed by atoms with Crippen molar-refractivity contribution >= 4 is 17.9 Å². The van der Waals surface area contributed by atoms with Crippen molar-refractivity contribution in [2.75, 3.05) is 13.1 Å². The van der Waals surface area contributed by atoms with E-state index >= 15 is 0 Å². The third kappa shape index (κ3) is 6.46. The molecule has 1 aliphatic carbocycles. The number of hydrogen-bond acceptors (Lipinski definition) is 3. The van der Waals surface area contributed by atoms with Gasteiger partial charge >= 0.3 is 6.61 Å². The van der Waals surface area contributed by atoms with Crippen LogP contribution in [0, 0.1) is 5.92 Å². The maximum atomic E-state index is 12.0. The van der Waals surface area contributed by atoms with Crippen LogP contribution >= 0.6 is 0 Å². The highest BCUT2D eigenvalue weighted by Gasteiger charge is 2.28. The fourth-order valence-electron chi connectivity index (χ4n) is 1.85. The fraction of sp³-hybridized carbons (Fsp3) is 0.375. The van der Waals surface area contributed by atoms with Crippen LogP contribution < -0.4 is 15.4 Å². The Morgan fingerprint density at radius 2 is 1.83 bits per heavy atom. The highest BCUT2D eigenvalue weighted by molar-refractivity contribution is 5.91. The summed E-state index contributed by atoms with van der Waals surface area (Å²) in [5, 5.41) is 5.38. The van der Waals surface area contributed by atoms with Gasteiger partial charge in [-0.3, -0.25) is 9.59 Å². The largest absolute Gasteiger partial charge is 0.435 e. The zero-order chi connectivity index (χ0) is 16.7. The average molecular weight is 324 g/mol. The summed E-state index contributed by atoms with van der Waals surface area (Å²) >= 11 is 0. The molecule has 0 bridgehead atoms. The van der Waals surface area contributed by atoms with Gasteiger partial charge in [0.15, 0.2) is 0 Å². The summed E-state index contributed by atoms with van der Waals surface area (Å²) in [6.07, 6.45) is 4.79. The molecule has 124 valence electrons. The van der Waals surface area contributed by atoms with E-state index in [4.69, 9.17) is 0 Å². The Bertz CT molecular complexity index is 569. The lowest BCUT2D eigenvalue weighted by atomic mass is 10.2. The van der Waals surface area contributed by atoms with Crippen molar-refractivity contribution in [3.05, 3.63) is 35.9 Å². The number of alkyl halides is 2. The monoisotopic (exact) mass is 324 g/mol. The summed E-state index contributed by atoms with van der Waals surface area (Å²) in [6, 6.07) is 5.93. The van der Waals surface area contributed by atoms with Crippen LogP contribution in [0.25, 0.3) is 6.08 Å². The van der Waals surface area contributed by atoms with Gasteiger partial charge in [-0.05, 0) is 36.6 Å². The zero-order valence-electron chi connectivity index (χ0n) is 12.4. The lowest BCUT2D eigenvalue weighted by Gasteiger charge is -2.05. The molecule has 0 spiro atoms. The molecule has 1 aliphatic rings. The maximum Gasteiger partial charge on any atom is 0.387 e. The predicted molar refractivity (Wildman–Crippen MR) is 80.9 cm³/mol. The number of rotatable bonds is 8. The number of benzene rings is 1. The molecule has 0 unspecified atom stereocenters. The highest BCUT2D eigenvalue weighted by Crippen LogP contribution is 2.28. The van der Waals surface area contributed by atoms with Crippen LogP contribution in [-0.2, 0) is 9.59 Å². The molecule has 0 saturated heterocycles. The van der Waals surface area contributed by atoms with Crippen molar-refractivity contribution in [2.45, 2.75) is 19.5 Å². The minimum atomic E-state index is -2.86. The Morgan fingerprint density at radius 1 is 1.17 bits per heavy atom. The first-order valence-corrected chi connectivity index (χ1v) is 7.33. The van der Waals surface area contributed by atoms with Gasteiger partial charge in [0, 0.05) is 25.1 Å². The van der Waals surface area contributed by atoms with E-state index in [9.17, 15) is 18.4 Å². The summed E-state index contributed by atoms with van der Waals surface area (Å²) in [5.41, 5.74) is 0.684. The van der Waals surface area contributed by atoms with E-state index in [-0.39, 0.29) is 23.5 Å². The first kappa shape index (κ1) is 16.9. The van der Waals surface area contributed by atoms with E-state index in [2.05, 4.69) is 15.4 Å². The summed E-state index contributed by atoms with van der Waals surface area (Å²) in [5.74, 6) is -0.0323. The number of halogens is 2. The summed E-state index contributed by atoms with van der Waals surface area (Å²) < 4.78 is 28.2.